The maximum atomic E-state index is 12.7. The van der Waals surface area contributed by atoms with Crippen molar-refractivity contribution >= 4 is 18.1 Å². The molecule has 3 aromatic rings. The second kappa shape index (κ2) is 8.84. The van der Waals surface area contributed by atoms with E-state index in [0.29, 0.717) is 23.7 Å². The number of nitrogens with zero attached hydrogens (tertiary/aromatic N) is 3. The molecule has 0 atom stereocenters. The van der Waals surface area contributed by atoms with Crippen LogP contribution in [0.15, 0.2) is 48.5 Å². The van der Waals surface area contributed by atoms with Gasteiger partial charge in [-0.25, -0.2) is 0 Å². The van der Waals surface area contributed by atoms with Crippen LogP contribution >= 0.6 is 12.2 Å². The topological polar surface area (TPSA) is 63.2 Å². The van der Waals surface area contributed by atoms with Crippen molar-refractivity contribution in [3.8, 4) is 17.1 Å². The number of benzene rings is 2. The van der Waals surface area contributed by atoms with Crippen LogP contribution in [0.4, 0.5) is 0 Å². The van der Waals surface area contributed by atoms with Crippen LogP contribution in [-0.2, 0) is 11.3 Å². The molecule has 2 aromatic carbocycles. The van der Waals surface area contributed by atoms with Gasteiger partial charge < -0.3 is 9.64 Å². The van der Waals surface area contributed by atoms with Crippen molar-refractivity contribution in [2.75, 3.05) is 20.2 Å². The van der Waals surface area contributed by atoms with Gasteiger partial charge in [-0.15, -0.1) is 0 Å². The molecule has 1 heterocycles. The highest BCUT2D eigenvalue weighted by Crippen LogP contribution is 2.18. The number of rotatable bonds is 7. The van der Waals surface area contributed by atoms with Gasteiger partial charge in [-0.3, -0.25) is 14.5 Å². The van der Waals surface area contributed by atoms with Crippen LogP contribution in [0.5, 0.6) is 5.75 Å². The summed E-state index contributed by atoms with van der Waals surface area (Å²) < 4.78 is 7.93. The van der Waals surface area contributed by atoms with Crippen molar-refractivity contribution < 1.29 is 9.53 Å². The zero-order valence-corrected chi connectivity index (χ0v) is 17.1. The zero-order chi connectivity index (χ0) is 20.1. The summed E-state index contributed by atoms with van der Waals surface area (Å²) in [6.45, 7) is 5.06. The molecule has 0 saturated carbocycles. The van der Waals surface area contributed by atoms with Gasteiger partial charge in [0.25, 0.3) is 0 Å². The van der Waals surface area contributed by atoms with Crippen LogP contribution in [0.25, 0.3) is 11.4 Å². The first-order valence-electron chi connectivity index (χ1n) is 9.10. The molecule has 0 aliphatic rings. The standard InChI is InChI=1S/C21H24N4O2S/c1-15-8-10-17(11-9-15)20-22-23-21(28)25(20)14-19(26)24(3)12-13-27-18-7-5-4-6-16(18)2/h4-11H,12-14H2,1-3H3,(H,23,28). The largest absolute Gasteiger partial charge is 0.491 e. The lowest BCUT2D eigenvalue weighted by Gasteiger charge is -2.18. The summed E-state index contributed by atoms with van der Waals surface area (Å²) in [5.41, 5.74) is 3.15. The number of hydrogen-bond donors (Lipinski definition) is 1. The Morgan fingerprint density at radius 3 is 2.61 bits per heavy atom. The minimum Gasteiger partial charge on any atom is -0.491 e. The molecule has 1 N–H and O–H groups in total. The third kappa shape index (κ3) is 4.67. The average molecular weight is 397 g/mol. The second-order valence-electron chi connectivity index (χ2n) is 6.73. The number of nitrogens with one attached hydrogen (secondary N) is 1. The molecule has 7 heteroatoms. The number of carbonyl (C=O) groups is 1. The Morgan fingerprint density at radius 1 is 1.18 bits per heavy atom. The molecule has 0 aliphatic carbocycles. The number of hydrogen-bond acceptors (Lipinski definition) is 4. The van der Waals surface area contributed by atoms with Crippen LogP contribution in [0, 0.1) is 18.6 Å². The predicted molar refractivity (Wildman–Crippen MR) is 112 cm³/mol. The average Bonchev–Trinajstić information content (AvgIpc) is 3.04. The molecule has 1 aromatic heterocycles. The first-order chi connectivity index (χ1) is 13.5. The summed E-state index contributed by atoms with van der Waals surface area (Å²) in [5.74, 6) is 1.43. The van der Waals surface area contributed by atoms with Gasteiger partial charge in [0.2, 0.25) is 5.91 Å². The number of H-pyrrole nitrogens is 1. The van der Waals surface area contributed by atoms with E-state index in [4.69, 9.17) is 17.0 Å². The number of carbonyl (C=O) groups excluding carboxylic acids is 1. The van der Waals surface area contributed by atoms with Crippen LogP contribution < -0.4 is 4.74 Å². The minimum absolute atomic E-state index is 0.0563. The van der Waals surface area contributed by atoms with E-state index in [1.165, 1.54) is 0 Å². The molecule has 0 unspecified atom stereocenters. The molecule has 6 nitrogen and oxygen atoms in total. The van der Waals surface area contributed by atoms with Crippen LogP contribution in [0.1, 0.15) is 11.1 Å². The van der Waals surface area contributed by atoms with Crippen LogP contribution in [0.2, 0.25) is 0 Å². The summed E-state index contributed by atoms with van der Waals surface area (Å²) >= 11 is 5.32. The summed E-state index contributed by atoms with van der Waals surface area (Å²) in [6.07, 6.45) is 0. The molecule has 3 rings (SSSR count). The van der Waals surface area contributed by atoms with Gasteiger partial charge in [0.1, 0.15) is 18.9 Å². The SMILES string of the molecule is Cc1ccc(-c2n[nH]c(=S)n2CC(=O)N(C)CCOc2ccccc2C)cc1. The lowest BCUT2D eigenvalue weighted by molar-refractivity contribution is -0.130. The quantitative estimate of drug-likeness (QED) is 0.618. The molecule has 146 valence electrons. The molecule has 1 amide bonds. The number of aromatic nitrogens is 3. The molecule has 28 heavy (non-hydrogen) atoms. The fraction of sp³-hybridized carbons (Fsp3) is 0.286. The van der Waals surface area contributed by atoms with Crippen molar-refractivity contribution in [1.82, 2.24) is 19.7 Å². The number of aryl methyl sites for hydroxylation is 2. The van der Waals surface area contributed by atoms with Crippen molar-refractivity contribution in [2.24, 2.45) is 0 Å². The molecule has 0 spiro atoms. The fourth-order valence-electron chi connectivity index (χ4n) is 2.78. The zero-order valence-electron chi connectivity index (χ0n) is 16.3. The minimum atomic E-state index is -0.0563. The van der Waals surface area contributed by atoms with Gasteiger partial charge in [-0.05, 0) is 37.7 Å². The highest BCUT2D eigenvalue weighted by Gasteiger charge is 2.15. The van der Waals surface area contributed by atoms with Gasteiger partial charge in [0, 0.05) is 12.6 Å². The van der Waals surface area contributed by atoms with E-state index in [-0.39, 0.29) is 12.5 Å². The molecule has 0 radical (unpaired) electrons. The Labute approximate surface area is 169 Å². The van der Waals surface area contributed by atoms with E-state index in [1.54, 1.807) is 16.5 Å². The van der Waals surface area contributed by atoms with E-state index in [0.717, 1.165) is 22.4 Å². The first-order valence-corrected chi connectivity index (χ1v) is 9.51. The van der Waals surface area contributed by atoms with E-state index < -0.39 is 0 Å². The molecule has 0 bridgehead atoms. The van der Waals surface area contributed by atoms with E-state index in [1.807, 2.05) is 62.4 Å². The van der Waals surface area contributed by atoms with Gasteiger partial charge in [-0.1, -0.05) is 48.0 Å². The number of para-hydroxylation sites is 1. The van der Waals surface area contributed by atoms with Gasteiger partial charge in [0.05, 0.1) is 6.54 Å². The van der Waals surface area contributed by atoms with Crippen LogP contribution in [-0.4, -0.2) is 45.8 Å². The summed E-state index contributed by atoms with van der Waals surface area (Å²) in [6, 6.07) is 15.8. The second-order valence-corrected chi connectivity index (χ2v) is 7.12. The Bertz CT molecular complexity index is 1010. The Kier molecular flexibility index (Phi) is 6.26. The van der Waals surface area contributed by atoms with E-state index in [2.05, 4.69) is 10.2 Å². The van der Waals surface area contributed by atoms with Crippen molar-refractivity contribution in [2.45, 2.75) is 20.4 Å². The molecule has 0 aliphatic heterocycles. The van der Waals surface area contributed by atoms with E-state index >= 15 is 0 Å². The van der Waals surface area contributed by atoms with E-state index in [9.17, 15) is 4.79 Å². The monoisotopic (exact) mass is 396 g/mol. The molecular formula is C21H24N4O2S. The molecule has 0 saturated heterocycles. The lowest BCUT2D eigenvalue weighted by Crippen LogP contribution is -2.33. The summed E-state index contributed by atoms with van der Waals surface area (Å²) in [5, 5.41) is 7.08. The third-order valence-electron chi connectivity index (χ3n) is 4.57. The lowest BCUT2D eigenvalue weighted by atomic mass is 10.1. The number of ether oxygens (including phenoxy) is 1. The van der Waals surface area contributed by atoms with Gasteiger partial charge in [0.15, 0.2) is 10.6 Å². The Hall–Kier alpha value is -2.93. The van der Waals surface area contributed by atoms with Crippen molar-refractivity contribution in [1.29, 1.82) is 0 Å². The summed E-state index contributed by atoms with van der Waals surface area (Å²) in [7, 11) is 1.76. The smallest absolute Gasteiger partial charge is 0.242 e. The first kappa shape index (κ1) is 19.8. The van der Waals surface area contributed by atoms with Crippen molar-refractivity contribution in [3.63, 3.8) is 0 Å². The maximum Gasteiger partial charge on any atom is 0.242 e. The molecule has 0 fully saturated rings. The maximum absolute atomic E-state index is 12.7. The fourth-order valence-corrected chi connectivity index (χ4v) is 2.98. The number of amides is 1. The highest BCUT2D eigenvalue weighted by molar-refractivity contribution is 7.71. The van der Waals surface area contributed by atoms with Gasteiger partial charge >= 0.3 is 0 Å². The van der Waals surface area contributed by atoms with Crippen LogP contribution in [0.3, 0.4) is 0 Å². The highest BCUT2D eigenvalue weighted by atomic mass is 32.1. The normalized spacial score (nSPS) is 10.7. The Morgan fingerprint density at radius 2 is 1.89 bits per heavy atom. The number of likely N-dealkylation sites (N-methyl/N-ethyl adjacent to an activating group) is 1. The Balaban J connectivity index is 1.63. The number of aromatic amines is 1. The summed E-state index contributed by atoms with van der Waals surface area (Å²) in [4.78, 5) is 14.3. The van der Waals surface area contributed by atoms with Crippen molar-refractivity contribution in [3.05, 3.63) is 64.4 Å². The van der Waals surface area contributed by atoms with Gasteiger partial charge in [-0.2, -0.15) is 5.10 Å². The third-order valence-corrected chi connectivity index (χ3v) is 4.88. The molecular weight excluding hydrogens is 372 g/mol. The predicted octanol–water partition coefficient (Wildman–Crippen LogP) is 3.76.